The van der Waals surface area contributed by atoms with E-state index in [2.05, 4.69) is 21.7 Å². The minimum Gasteiger partial charge on any atom is -0.380 e. The summed E-state index contributed by atoms with van der Waals surface area (Å²) in [5, 5.41) is 5.78. The van der Waals surface area contributed by atoms with Crippen LogP contribution in [0.4, 0.5) is 0 Å². The number of ether oxygens (including phenoxy) is 1. The molecule has 3 heterocycles. The number of hydrogen-bond acceptors (Lipinski definition) is 4. The Morgan fingerprint density at radius 1 is 1.59 bits per heavy atom. The first kappa shape index (κ1) is 11.7. The zero-order valence-electron chi connectivity index (χ0n) is 10.3. The maximum Gasteiger partial charge on any atom is 0.0711 e. The van der Waals surface area contributed by atoms with E-state index in [1.54, 1.807) is 10.4 Å². The average Bonchev–Trinajstić information content (AvgIpc) is 2.96. The van der Waals surface area contributed by atoms with E-state index in [9.17, 15) is 0 Å². The Kier molecular flexibility index (Phi) is 3.47. The van der Waals surface area contributed by atoms with Gasteiger partial charge in [0.2, 0.25) is 0 Å². The zero-order chi connectivity index (χ0) is 11.7. The molecule has 0 spiro atoms. The fourth-order valence-corrected chi connectivity index (χ4v) is 3.76. The highest BCUT2D eigenvalue weighted by molar-refractivity contribution is 7.10. The number of hydrogen-bond donors (Lipinski definition) is 1. The molecule has 0 radical (unpaired) electrons. The van der Waals surface area contributed by atoms with E-state index >= 15 is 0 Å². The van der Waals surface area contributed by atoms with Gasteiger partial charge in [-0.1, -0.05) is 0 Å². The standard InChI is InChI=1S/C13H20N2OS/c1-16-12-6-11(14-7-12)9-15-4-2-13-10(8-15)3-5-17-13/h3,5,11-12,14H,2,4,6-9H2,1H3. The van der Waals surface area contributed by atoms with E-state index in [1.807, 2.05) is 18.4 Å². The van der Waals surface area contributed by atoms with Crippen LogP contribution in [-0.2, 0) is 17.7 Å². The molecule has 2 aliphatic heterocycles. The predicted octanol–water partition coefficient (Wildman–Crippen LogP) is 1.48. The summed E-state index contributed by atoms with van der Waals surface area (Å²) >= 11 is 1.91. The van der Waals surface area contributed by atoms with Crippen molar-refractivity contribution in [2.45, 2.75) is 31.5 Å². The second-order valence-electron chi connectivity index (χ2n) is 5.05. The lowest BCUT2D eigenvalue weighted by atomic mass is 10.1. The van der Waals surface area contributed by atoms with Gasteiger partial charge in [0.25, 0.3) is 0 Å². The second kappa shape index (κ2) is 5.06. The molecule has 94 valence electrons. The molecule has 0 aliphatic carbocycles. The lowest BCUT2D eigenvalue weighted by molar-refractivity contribution is 0.115. The Morgan fingerprint density at radius 2 is 2.53 bits per heavy atom. The van der Waals surface area contributed by atoms with Crippen molar-refractivity contribution in [1.82, 2.24) is 10.2 Å². The summed E-state index contributed by atoms with van der Waals surface area (Å²) in [5.74, 6) is 0. The van der Waals surface area contributed by atoms with Crippen LogP contribution in [0.5, 0.6) is 0 Å². The van der Waals surface area contributed by atoms with E-state index in [0.717, 1.165) is 26.1 Å². The van der Waals surface area contributed by atoms with Gasteiger partial charge in [-0.25, -0.2) is 0 Å². The summed E-state index contributed by atoms with van der Waals surface area (Å²) < 4.78 is 5.40. The minimum absolute atomic E-state index is 0.418. The van der Waals surface area contributed by atoms with Gasteiger partial charge in [0, 0.05) is 44.2 Å². The average molecular weight is 252 g/mol. The molecular formula is C13H20N2OS. The van der Waals surface area contributed by atoms with Crippen LogP contribution in [0, 0.1) is 0 Å². The highest BCUT2D eigenvalue weighted by Gasteiger charge is 2.26. The van der Waals surface area contributed by atoms with E-state index in [1.165, 1.54) is 13.0 Å². The first-order valence-electron chi connectivity index (χ1n) is 6.39. The van der Waals surface area contributed by atoms with Gasteiger partial charge >= 0.3 is 0 Å². The second-order valence-corrected chi connectivity index (χ2v) is 6.05. The van der Waals surface area contributed by atoms with Crippen molar-refractivity contribution in [2.75, 3.05) is 26.7 Å². The Hall–Kier alpha value is -0.420. The third-order valence-electron chi connectivity index (χ3n) is 3.88. The molecule has 3 nitrogen and oxygen atoms in total. The van der Waals surface area contributed by atoms with E-state index in [0.29, 0.717) is 12.1 Å². The number of thiophene rings is 1. The Bertz CT molecular complexity index is 379. The number of nitrogens with one attached hydrogen (secondary N) is 1. The van der Waals surface area contributed by atoms with Crippen LogP contribution in [0.3, 0.4) is 0 Å². The van der Waals surface area contributed by atoms with Crippen LogP contribution in [-0.4, -0.2) is 43.8 Å². The summed E-state index contributed by atoms with van der Waals surface area (Å²) in [4.78, 5) is 4.17. The largest absolute Gasteiger partial charge is 0.380 e. The molecule has 1 saturated heterocycles. The van der Waals surface area contributed by atoms with Crippen molar-refractivity contribution in [3.05, 3.63) is 21.9 Å². The van der Waals surface area contributed by atoms with Crippen LogP contribution < -0.4 is 5.32 Å². The van der Waals surface area contributed by atoms with Gasteiger partial charge < -0.3 is 10.1 Å². The number of nitrogens with zero attached hydrogens (tertiary/aromatic N) is 1. The Morgan fingerprint density at radius 3 is 3.35 bits per heavy atom. The predicted molar refractivity (Wildman–Crippen MR) is 70.5 cm³/mol. The van der Waals surface area contributed by atoms with Crippen molar-refractivity contribution < 1.29 is 4.74 Å². The maximum absolute atomic E-state index is 5.40. The molecule has 1 fully saturated rings. The molecule has 17 heavy (non-hydrogen) atoms. The van der Waals surface area contributed by atoms with Gasteiger partial charge in [0.1, 0.15) is 0 Å². The van der Waals surface area contributed by atoms with Crippen molar-refractivity contribution in [1.29, 1.82) is 0 Å². The topological polar surface area (TPSA) is 24.5 Å². The van der Waals surface area contributed by atoms with Crippen LogP contribution >= 0.6 is 11.3 Å². The van der Waals surface area contributed by atoms with Crippen molar-refractivity contribution >= 4 is 11.3 Å². The van der Waals surface area contributed by atoms with Crippen LogP contribution in [0.1, 0.15) is 16.9 Å². The normalized spacial score (nSPS) is 29.5. The molecule has 1 aromatic heterocycles. The van der Waals surface area contributed by atoms with Crippen molar-refractivity contribution in [3.8, 4) is 0 Å². The van der Waals surface area contributed by atoms with Crippen molar-refractivity contribution in [2.24, 2.45) is 0 Å². The molecule has 1 aromatic rings. The van der Waals surface area contributed by atoms with Crippen LogP contribution in [0.25, 0.3) is 0 Å². The fourth-order valence-electron chi connectivity index (χ4n) is 2.88. The summed E-state index contributed by atoms with van der Waals surface area (Å²) in [7, 11) is 1.81. The molecule has 3 rings (SSSR count). The molecule has 0 bridgehead atoms. The molecule has 2 aliphatic rings. The number of rotatable bonds is 3. The summed E-state index contributed by atoms with van der Waals surface area (Å²) in [5.41, 5.74) is 1.54. The zero-order valence-corrected chi connectivity index (χ0v) is 11.1. The van der Waals surface area contributed by atoms with Gasteiger partial charge in [0.15, 0.2) is 0 Å². The summed E-state index contributed by atoms with van der Waals surface area (Å²) in [6.45, 7) is 4.52. The molecule has 0 amide bonds. The molecule has 0 saturated carbocycles. The minimum atomic E-state index is 0.418. The van der Waals surface area contributed by atoms with Gasteiger partial charge in [-0.15, -0.1) is 11.3 Å². The van der Waals surface area contributed by atoms with E-state index in [4.69, 9.17) is 4.74 Å². The molecule has 2 atom stereocenters. The highest BCUT2D eigenvalue weighted by Crippen LogP contribution is 2.24. The third kappa shape index (κ3) is 2.55. The van der Waals surface area contributed by atoms with Gasteiger partial charge in [-0.2, -0.15) is 0 Å². The summed E-state index contributed by atoms with van der Waals surface area (Å²) in [6, 6.07) is 2.90. The fraction of sp³-hybridized carbons (Fsp3) is 0.692. The molecular weight excluding hydrogens is 232 g/mol. The monoisotopic (exact) mass is 252 g/mol. The molecule has 0 aromatic carbocycles. The number of fused-ring (bicyclic) bond motifs is 1. The van der Waals surface area contributed by atoms with Gasteiger partial charge in [0.05, 0.1) is 6.10 Å². The Labute approximate surface area is 107 Å². The lowest BCUT2D eigenvalue weighted by Crippen LogP contribution is -2.39. The molecule has 4 heteroatoms. The summed E-state index contributed by atoms with van der Waals surface area (Å²) in [6.07, 6.45) is 2.80. The highest BCUT2D eigenvalue weighted by atomic mass is 32.1. The van der Waals surface area contributed by atoms with E-state index < -0.39 is 0 Å². The molecule has 2 unspecified atom stereocenters. The first-order valence-corrected chi connectivity index (χ1v) is 7.27. The quantitative estimate of drug-likeness (QED) is 0.882. The lowest BCUT2D eigenvalue weighted by Gasteiger charge is -2.29. The van der Waals surface area contributed by atoms with Crippen LogP contribution in [0.2, 0.25) is 0 Å². The molecule has 1 N–H and O–H groups in total. The third-order valence-corrected chi connectivity index (χ3v) is 4.90. The van der Waals surface area contributed by atoms with Gasteiger partial charge in [-0.05, 0) is 29.9 Å². The van der Waals surface area contributed by atoms with Crippen molar-refractivity contribution in [3.63, 3.8) is 0 Å². The smallest absolute Gasteiger partial charge is 0.0711 e. The van der Waals surface area contributed by atoms with E-state index in [-0.39, 0.29) is 0 Å². The Balaban J connectivity index is 1.54. The van der Waals surface area contributed by atoms with Gasteiger partial charge in [-0.3, -0.25) is 4.90 Å². The SMILES string of the molecule is COC1CNC(CN2CCc3sccc3C2)C1. The maximum atomic E-state index is 5.40. The van der Waals surface area contributed by atoms with Crippen LogP contribution in [0.15, 0.2) is 11.4 Å². The number of methoxy groups -OCH3 is 1. The first-order chi connectivity index (χ1) is 8.35.